The van der Waals surface area contributed by atoms with Gasteiger partial charge in [-0.1, -0.05) is 18.2 Å². The minimum absolute atomic E-state index is 0.186. The predicted molar refractivity (Wildman–Crippen MR) is 88.7 cm³/mol. The van der Waals surface area contributed by atoms with Gasteiger partial charge in [-0.15, -0.1) is 0 Å². The van der Waals surface area contributed by atoms with Gasteiger partial charge >= 0.3 is 6.03 Å². The van der Waals surface area contributed by atoms with Crippen molar-refractivity contribution in [1.29, 1.82) is 0 Å². The molecule has 2 aromatic carbocycles. The number of nitrogens with zero attached hydrogens (tertiary/aromatic N) is 1. The molecule has 5 nitrogen and oxygen atoms in total. The van der Waals surface area contributed by atoms with Gasteiger partial charge in [0, 0.05) is 36.7 Å². The van der Waals surface area contributed by atoms with Crippen LogP contribution in [0.2, 0.25) is 0 Å². The van der Waals surface area contributed by atoms with Crippen molar-refractivity contribution in [2.24, 2.45) is 0 Å². The maximum atomic E-state index is 12.6. The molecule has 0 atom stereocenters. The molecular weight excluding hydrogens is 292 g/mol. The third-order valence-corrected chi connectivity index (χ3v) is 4.33. The van der Waals surface area contributed by atoms with E-state index in [9.17, 15) is 4.79 Å². The first-order valence-corrected chi connectivity index (χ1v) is 7.78. The maximum absolute atomic E-state index is 12.6. The predicted octanol–water partition coefficient (Wildman–Crippen LogP) is 3.22. The van der Waals surface area contributed by atoms with Crippen LogP contribution in [0.4, 0.5) is 16.2 Å². The molecular formula is C18H18N2O3. The fourth-order valence-corrected chi connectivity index (χ4v) is 3.08. The van der Waals surface area contributed by atoms with Crippen LogP contribution in [0.15, 0.2) is 36.4 Å². The van der Waals surface area contributed by atoms with Gasteiger partial charge in [-0.25, -0.2) is 4.79 Å². The van der Waals surface area contributed by atoms with E-state index in [1.165, 1.54) is 0 Å². The molecule has 0 bridgehead atoms. The molecule has 0 saturated heterocycles. The number of benzene rings is 2. The highest BCUT2D eigenvalue weighted by Gasteiger charge is 2.28. The third-order valence-electron chi connectivity index (χ3n) is 4.33. The molecule has 0 unspecified atom stereocenters. The molecule has 2 aromatic rings. The topological polar surface area (TPSA) is 50.8 Å². The number of hydrogen-bond acceptors (Lipinski definition) is 3. The van der Waals surface area contributed by atoms with Crippen molar-refractivity contribution in [3.05, 3.63) is 47.5 Å². The van der Waals surface area contributed by atoms with Gasteiger partial charge in [-0.3, -0.25) is 4.90 Å². The second-order valence-corrected chi connectivity index (χ2v) is 5.74. The highest BCUT2D eigenvalue weighted by atomic mass is 16.5. The lowest BCUT2D eigenvalue weighted by atomic mass is 10.0. The van der Waals surface area contributed by atoms with E-state index >= 15 is 0 Å². The normalized spacial score (nSPS) is 14.5. The van der Waals surface area contributed by atoms with Crippen LogP contribution >= 0.6 is 0 Å². The lowest BCUT2D eigenvalue weighted by Gasteiger charge is -2.20. The maximum Gasteiger partial charge on any atom is 0.326 e. The molecule has 2 amide bonds. The molecule has 2 aliphatic heterocycles. The lowest BCUT2D eigenvalue weighted by Crippen LogP contribution is -2.31. The Morgan fingerprint density at radius 1 is 1.13 bits per heavy atom. The van der Waals surface area contributed by atoms with Crippen molar-refractivity contribution in [2.45, 2.75) is 12.8 Å². The number of nitrogens with one attached hydrogen (secondary N) is 1. The fraction of sp³-hybridized carbons (Fsp3) is 0.278. The van der Waals surface area contributed by atoms with E-state index in [2.05, 4.69) is 5.32 Å². The second-order valence-electron chi connectivity index (χ2n) is 5.74. The minimum Gasteiger partial charge on any atom is -0.493 e. The van der Waals surface area contributed by atoms with Crippen LogP contribution in [0.5, 0.6) is 11.5 Å². The van der Waals surface area contributed by atoms with Crippen molar-refractivity contribution < 1.29 is 14.3 Å². The van der Waals surface area contributed by atoms with Crippen LogP contribution < -0.4 is 19.7 Å². The first-order chi connectivity index (χ1) is 11.2. The second kappa shape index (κ2) is 5.50. The molecule has 23 heavy (non-hydrogen) atoms. The zero-order valence-electron chi connectivity index (χ0n) is 13.0. The average molecular weight is 310 g/mol. The molecule has 0 fully saturated rings. The summed E-state index contributed by atoms with van der Waals surface area (Å²) in [6, 6.07) is 11.4. The SMILES string of the molecule is CN(C(=O)Nc1c2c(cc3c1OCC3)OCC2)c1ccccc1. The molecule has 0 aliphatic carbocycles. The van der Waals surface area contributed by atoms with Gasteiger partial charge in [0.25, 0.3) is 0 Å². The Hall–Kier alpha value is -2.69. The average Bonchev–Trinajstić information content (AvgIpc) is 3.23. The van der Waals surface area contributed by atoms with E-state index in [-0.39, 0.29) is 6.03 Å². The number of carbonyl (C=O) groups excluding carboxylic acids is 1. The van der Waals surface area contributed by atoms with Crippen LogP contribution in [-0.4, -0.2) is 26.3 Å². The summed E-state index contributed by atoms with van der Waals surface area (Å²) in [5.41, 5.74) is 3.73. The van der Waals surface area contributed by atoms with E-state index in [0.717, 1.165) is 46.8 Å². The molecule has 0 radical (unpaired) electrons. The van der Waals surface area contributed by atoms with Crippen molar-refractivity contribution in [3.8, 4) is 11.5 Å². The molecule has 2 heterocycles. The van der Waals surface area contributed by atoms with Crippen molar-refractivity contribution in [2.75, 3.05) is 30.5 Å². The number of urea groups is 1. The Morgan fingerprint density at radius 2 is 1.91 bits per heavy atom. The Balaban J connectivity index is 1.66. The van der Waals surface area contributed by atoms with Crippen molar-refractivity contribution >= 4 is 17.4 Å². The minimum atomic E-state index is -0.186. The molecule has 5 heteroatoms. The number of para-hydroxylation sites is 1. The number of ether oxygens (including phenoxy) is 2. The fourth-order valence-electron chi connectivity index (χ4n) is 3.08. The van der Waals surface area contributed by atoms with Gasteiger partial charge in [0.2, 0.25) is 0 Å². The number of rotatable bonds is 2. The van der Waals surface area contributed by atoms with Crippen LogP contribution in [0.3, 0.4) is 0 Å². The standard InChI is InChI=1S/C18H18N2O3/c1-20(13-5-3-2-4-6-13)18(21)19-16-14-8-10-22-15(14)11-12-7-9-23-17(12)16/h2-6,11H,7-10H2,1H3,(H,19,21). The Morgan fingerprint density at radius 3 is 2.74 bits per heavy atom. The highest BCUT2D eigenvalue weighted by molar-refractivity contribution is 6.03. The monoisotopic (exact) mass is 310 g/mol. The van der Waals surface area contributed by atoms with Gasteiger partial charge in [-0.2, -0.15) is 0 Å². The van der Waals surface area contributed by atoms with E-state index in [1.807, 2.05) is 36.4 Å². The molecule has 0 spiro atoms. The van der Waals surface area contributed by atoms with Gasteiger partial charge in [0.05, 0.1) is 18.9 Å². The summed E-state index contributed by atoms with van der Waals surface area (Å²) in [4.78, 5) is 14.2. The van der Waals surface area contributed by atoms with Gasteiger partial charge in [-0.05, 0) is 18.2 Å². The van der Waals surface area contributed by atoms with Gasteiger partial charge in [0.15, 0.2) is 0 Å². The Bertz CT molecular complexity index is 726. The highest BCUT2D eigenvalue weighted by Crippen LogP contribution is 2.44. The van der Waals surface area contributed by atoms with Crippen molar-refractivity contribution in [1.82, 2.24) is 0 Å². The summed E-state index contributed by atoms with van der Waals surface area (Å²) in [6.07, 6.45) is 1.64. The number of carbonyl (C=O) groups is 1. The third kappa shape index (κ3) is 2.38. The first-order valence-electron chi connectivity index (χ1n) is 7.78. The molecule has 1 N–H and O–H groups in total. The number of hydrogen-bond donors (Lipinski definition) is 1. The van der Waals surface area contributed by atoms with Crippen LogP contribution in [-0.2, 0) is 12.8 Å². The first kappa shape index (κ1) is 13.9. The summed E-state index contributed by atoms with van der Waals surface area (Å²) < 4.78 is 11.4. The van der Waals surface area contributed by atoms with Crippen LogP contribution in [0, 0.1) is 0 Å². The Labute approximate surface area is 134 Å². The van der Waals surface area contributed by atoms with E-state index < -0.39 is 0 Å². The summed E-state index contributed by atoms with van der Waals surface area (Å²) in [5, 5.41) is 3.02. The summed E-state index contributed by atoms with van der Waals surface area (Å²) >= 11 is 0. The summed E-state index contributed by atoms with van der Waals surface area (Å²) in [7, 11) is 1.76. The quantitative estimate of drug-likeness (QED) is 0.926. The summed E-state index contributed by atoms with van der Waals surface area (Å²) in [6.45, 7) is 1.30. The largest absolute Gasteiger partial charge is 0.493 e. The molecule has 2 aliphatic rings. The smallest absolute Gasteiger partial charge is 0.326 e. The number of fused-ring (bicyclic) bond motifs is 2. The summed E-state index contributed by atoms with van der Waals surface area (Å²) in [5.74, 6) is 1.66. The molecule has 0 saturated carbocycles. The van der Waals surface area contributed by atoms with E-state index in [0.29, 0.717) is 13.2 Å². The Kier molecular flexibility index (Phi) is 3.33. The molecule has 0 aromatic heterocycles. The van der Waals surface area contributed by atoms with Crippen LogP contribution in [0.25, 0.3) is 0 Å². The zero-order valence-corrected chi connectivity index (χ0v) is 13.0. The molecule has 118 valence electrons. The lowest BCUT2D eigenvalue weighted by molar-refractivity contribution is 0.258. The van der Waals surface area contributed by atoms with Gasteiger partial charge < -0.3 is 14.8 Å². The van der Waals surface area contributed by atoms with E-state index in [1.54, 1.807) is 11.9 Å². The van der Waals surface area contributed by atoms with Gasteiger partial charge in [0.1, 0.15) is 11.5 Å². The van der Waals surface area contributed by atoms with Crippen molar-refractivity contribution in [3.63, 3.8) is 0 Å². The number of anilines is 2. The number of amides is 2. The zero-order chi connectivity index (χ0) is 15.8. The van der Waals surface area contributed by atoms with E-state index in [4.69, 9.17) is 9.47 Å². The van der Waals surface area contributed by atoms with Crippen LogP contribution in [0.1, 0.15) is 11.1 Å². The molecule has 4 rings (SSSR count).